The van der Waals surface area contributed by atoms with Crippen molar-refractivity contribution in [2.75, 3.05) is 18.6 Å². The molecule has 0 amide bonds. The third-order valence-corrected chi connectivity index (χ3v) is 5.99. The van der Waals surface area contributed by atoms with E-state index in [0.717, 1.165) is 18.8 Å². The van der Waals surface area contributed by atoms with Gasteiger partial charge in [0.2, 0.25) is 0 Å². The predicted molar refractivity (Wildman–Crippen MR) is 77.6 cm³/mol. The van der Waals surface area contributed by atoms with Crippen molar-refractivity contribution in [2.24, 2.45) is 5.92 Å². The van der Waals surface area contributed by atoms with E-state index < -0.39 is 9.84 Å². The summed E-state index contributed by atoms with van der Waals surface area (Å²) < 4.78 is 22.9. The fourth-order valence-electron chi connectivity index (χ4n) is 2.90. The second-order valence-electron chi connectivity index (χ2n) is 5.60. The van der Waals surface area contributed by atoms with Gasteiger partial charge in [-0.2, -0.15) is 0 Å². The van der Waals surface area contributed by atoms with Crippen LogP contribution in [0.4, 0.5) is 0 Å². The van der Waals surface area contributed by atoms with Gasteiger partial charge in [0, 0.05) is 11.8 Å². The molecule has 1 unspecified atom stereocenters. The fraction of sp³-hybridized carbons (Fsp3) is 1.00. The highest BCUT2D eigenvalue weighted by Gasteiger charge is 2.18. The molecule has 1 N–H and O–H groups in total. The van der Waals surface area contributed by atoms with Gasteiger partial charge in [-0.25, -0.2) is 8.42 Å². The number of hydrogen-bond acceptors (Lipinski definition) is 3. The van der Waals surface area contributed by atoms with E-state index in [1.807, 2.05) is 7.05 Å². The number of rotatable bonds is 8. The maximum absolute atomic E-state index is 11.4. The van der Waals surface area contributed by atoms with Crippen molar-refractivity contribution in [1.82, 2.24) is 5.32 Å². The summed E-state index contributed by atoms with van der Waals surface area (Å²) in [6.45, 7) is 1.73. The van der Waals surface area contributed by atoms with Crippen LogP contribution >= 0.6 is 0 Å². The van der Waals surface area contributed by atoms with Crippen molar-refractivity contribution < 1.29 is 8.42 Å². The lowest BCUT2D eigenvalue weighted by molar-refractivity contribution is 0.296. The molecule has 0 bridgehead atoms. The Morgan fingerprint density at radius 3 is 2.44 bits per heavy atom. The highest BCUT2D eigenvalue weighted by atomic mass is 32.2. The van der Waals surface area contributed by atoms with Crippen LogP contribution < -0.4 is 5.32 Å². The minimum absolute atomic E-state index is 0.278. The normalized spacial score (nSPS) is 19.9. The average molecular weight is 275 g/mol. The second-order valence-corrected chi connectivity index (χ2v) is 8.08. The Kier molecular flexibility index (Phi) is 7.23. The zero-order valence-corrected chi connectivity index (χ0v) is 12.8. The Labute approximate surface area is 113 Å². The standard InChI is InChI=1S/C14H29NO2S/c1-3-18(16,17)11-7-10-14(15-2)12-13-8-5-4-6-9-13/h13-15H,3-12H2,1-2H3. The number of nitrogens with one attached hydrogen (secondary N) is 1. The van der Waals surface area contributed by atoms with E-state index in [-0.39, 0.29) is 5.75 Å². The third-order valence-electron chi connectivity index (χ3n) is 4.20. The van der Waals surface area contributed by atoms with Gasteiger partial charge in [-0.1, -0.05) is 39.0 Å². The minimum atomic E-state index is -2.78. The average Bonchev–Trinajstić information content (AvgIpc) is 2.38. The summed E-state index contributed by atoms with van der Waals surface area (Å²) in [6.07, 6.45) is 9.91. The molecule has 3 nitrogen and oxygen atoms in total. The molecule has 18 heavy (non-hydrogen) atoms. The van der Waals surface area contributed by atoms with Crippen LogP contribution in [0.15, 0.2) is 0 Å². The van der Waals surface area contributed by atoms with Crippen LogP contribution in [0.5, 0.6) is 0 Å². The van der Waals surface area contributed by atoms with E-state index in [9.17, 15) is 8.42 Å². The summed E-state index contributed by atoms with van der Waals surface area (Å²) in [5, 5.41) is 3.36. The Morgan fingerprint density at radius 2 is 1.89 bits per heavy atom. The number of sulfone groups is 1. The van der Waals surface area contributed by atoms with Crippen LogP contribution in [0, 0.1) is 5.92 Å². The molecule has 0 aromatic carbocycles. The summed E-state index contributed by atoms with van der Waals surface area (Å²) >= 11 is 0. The van der Waals surface area contributed by atoms with Crippen LogP contribution in [-0.2, 0) is 9.84 Å². The lowest BCUT2D eigenvalue weighted by Gasteiger charge is -2.26. The lowest BCUT2D eigenvalue weighted by Crippen LogP contribution is -2.29. The minimum Gasteiger partial charge on any atom is -0.317 e. The first kappa shape index (κ1) is 16.0. The molecular formula is C14H29NO2S. The first-order valence-corrected chi connectivity index (χ1v) is 9.27. The molecule has 0 radical (unpaired) electrons. The van der Waals surface area contributed by atoms with E-state index in [4.69, 9.17) is 0 Å². The van der Waals surface area contributed by atoms with Gasteiger partial charge < -0.3 is 5.32 Å². The summed E-state index contributed by atoms with van der Waals surface area (Å²) in [7, 11) is -0.782. The molecule has 1 aliphatic carbocycles. The third kappa shape index (κ3) is 6.19. The van der Waals surface area contributed by atoms with E-state index in [2.05, 4.69) is 5.32 Å². The van der Waals surface area contributed by atoms with Crippen LogP contribution in [0.25, 0.3) is 0 Å². The quantitative estimate of drug-likeness (QED) is 0.741. The molecule has 1 fully saturated rings. The van der Waals surface area contributed by atoms with Gasteiger partial charge in [0.05, 0.1) is 5.75 Å². The smallest absolute Gasteiger partial charge is 0.150 e. The monoisotopic (exact) mass is 275 g/mol. The molecule has 1 aliphatic rings. The van der Waals surface area contributed by atoms with E-state index in [1.165, 1.54) is 38.5 Å². The van der Waals surface area contributed by atoms with Gasteiger partial charge in [0.25, 0.3) is 0 Å². The van der Waals surface area contributed by atoms with Crippen LogP contribution in [0.2, 0.25) is 0 Å². The molecule has 0 saturated heterocycles. The van der Waals surface area contributed by atoms with Crippen LogP contribution in [0.1, 0.15) is 58.3 Å². The fourth-order valence-corrected chi connectivity index (χ4v) is 3.79. The first-order chi connectivity index (χ1) is 8.57. The molecule has 108 valence electrons. The van der Waals surface area contributed by atoms with Crippen molar-refractivity contribution in [2.45, 2.75) is 64.3 Å². The van der Waals surface area contributed by atoms with E-state index in [1.54, 1.807) is 6.92 Å². The van der Waals surface area contributed by atoms with E-state index in [0.29, 0.717) is 11.8 Å². The van der Waals surface area contributed by atoms with Gasteiger partial charge in [-0.05, 0) is 32.2 Å². The summed E-state index contributed by atoms with van der Waals surface area (Å²) in [4.78, 5) is 0. The van der Waals surface area contributed by atoms with Gasteiger partial charge in [-0.15, -0.1) is 0 Å². The zero-order chi connectivity index (χ0) is 13.4. The van der Waals surface area contributed by atoms with Gasteiger partial charge in [0.15, 0.2) is 0 Å². The topological polar surface area (TPSA) is 46.2 Å². The van der Waals surface area contributed by atoms with Gasteiger partial charge in [0.1, 0.15) is 9.84 Å². The molecule has 1 saturated carbocycles. The molecule has 0 aromatic rings. The summed E-state index contributed by atoms with van der Waals surface area (Å²) in [5.74, 6) is 1.49. The highest BCUT2D eigenvalue weighted by Crippen LogP contribution is 2.28. The maximum atomic E-state index is 11.4. The van der Waals surface area contributed by atoms with Crippen LogP contribution in [-0.4, -0.2) is 33.0 Å². The molecule has 1 atom stereocenters. The Bertz CT molecular complexity index is 308. The molecule has 4 heteroatoms. The molecule has 0 aromatic heterocycles. The molecular weight excluding hydrogens is 246 g/mol. The van der Waals surface area contributed by atoms with Gasteiger partial charge >= 0.3 is 0 Å². The largest absolute Gasteiger partial charge is 0.317 e. The SMILES string of the molecule is CCS(=O)(=O)CCCC(CC1CCCCC1)NC. The highest BCUT2D eigenvalue weighted by molar-refractivity contribution is 7.91. The Hall–Kier alpha value is -0.0900. The zero-order valence-electron chi connectivity index (χ0n) is 12.0. The first-order valence-electron chi connectivity index (χ1n) is 7.45. The molecule has 0 spiro atoms. The van der Waals surface area contributed by atoms with Crippen molar-refractivity contribution in [3.63, 3.8) is 0 Å². The van der Waals surface area contributed by atoms with Crippen molar-refractivity contribution >= 4 is 9.84 Å². The summed E-state index contributed by atoms with van der Waals surface area (Å²) in [6, 6.07) is 0.500. The van der Waals surface area contributed by atoms with Crippen LogP contribution in [0.3, 0.4) is 0 Å². The number of hydrogen-bond donors (Lipinski definition) is 1. The van der Waals surface area contributed by atoms with Crippen molar-refractivity contribution in [1.29, 1.82) is 0 Å². The Balaban J connectivity index is 2.24. The summed E-state index contributed by atoms with van der Waals surface area (Å²) in [5.41, 5.74) is 0. The predicted octanol–water partition coefficient (Wildman–Crippen LogP) is 2.76. The second kappa shape index (κ2) is 8.16. The van der Waals surface area contributed by atoms with Crippen molar-refractivity contribution in [3.8, 4) is 0 Å². The van der Waals surface area contributed by atoms with E-state index >= 15 is 0 Å². The molecule has 0 heterocycles. The molecule has 0 aliphatic heterocycles. The van der Waals surface area contributed by atoms with Gasteiger partial charge in [-0.3, -0.25) is 0 Å². The Morgan fingerprint density at radius 1 is 1.22 bits per heavy atom. The maximum Gasteiger partial charge on any atom is 0.150 e. The van der Waals surface area contributed by atoms with Crippen molar-refractivity contribution in [3.05, 3.63) is 0 Å². The molecule has 1 rings (SSSR count). The lowest BCUT2D eigenvalue weighted by atomic mass is 9.84.